The van der Waals surface area contributed by atoms with Gasteiger partial charge in [-0.1, -0.05) is 53.5 Å². The van der Waals surface area contributed by atoms with Crippen molar-refractivity contribution in [3.05, 3.63) is 64.1 Å². The molecule has 1 atom stereocenters. The highest BCUT2D eigenvalue weighted by molar-refractivity contribution is 7.99. The number of carboxylic acid groups (broad SMARTS) is 1. The van der Waals surface area contributed by atoms with Crippen LogP contribution in [0.25, 0.3) is 0 Å². The van der Waals surface area contributed by atoms with Gasteiger partial charge in [0.25, 0.3) is 0 Å². The maximum atomic E-state index is 12.6. The number of aromatic nitrogens is 4. The molecule has 0 saturated carbocycles. The van der Waals surface area contributed by atoms with Gasteiger partial charge in [0.05, 0.1) is 16.5 Å². The Morgan fingerprint density at radius 1 is 1.12 bits per heavy atom. The van der Waals surface area contributed by atoms with Crippen LogP contribution in [0.4, 0.5) is 4.79 Å². The van der Waals surface area contributed by atoms with Gasteiger partial charge in [-0.15, -0.1) is 10.2 Å². The number of ketones is 1. The number of carbonyl (C=O) groups excluding carboxylic acids is 2. The highest BCUT2D eigenvalue weighted by Gasteiger charge is 2.25. The number of carboxylic acids is 1. The van der Waals surface area contributed by atoms with Gasteiger partial charge in [0.2, 0.25) is 5.16 Å². The Morgan fingerprint density at radius 3 is 2.58 bits per heavy atom. The Hall–Kier alpha value is -3.15. The van der Waals surface area contributed by atoms with Gasteiger partial charge in [-0.05, 0) is 40.7 Å². The zero-order valence-electron chi connectivity index (χ0n) is 16.9. The number of carbonyl (C=O) groups is 3. The number of rotatable bonds is 10. The average Bonchev–Trinajstić information content (AvgIpc) is 3.21. The van der Waals surface area contributed by atoms with Crippen molar-refractivity contribution >= 4 is 52.8 Å². The minimum absolute atomic E-state index is 0.0272. The zero-order valence-corrected chi connectivity index (χ0v) is 19.2. The lowest BCUT2D eigenvalue weighted by atomic mass is 10.1. The van der Waals surface area contributed by atoms with Crippen molar-refractivity contribution in [1.29, 1.82) is 0 Å². The molecule has 1 amide bonds. The second-order valence-corrected chi connectivity index (χ2v) is 8.46. The van der Waals surface area contributed by atoms with Crippen LogP contribution >= 0.6 is 35.0 Å². The van der Waals surface area contributed by atoms with E-state index in [9.17, 15) is 14.4 Å². The minimum Gasteiger partial charge on any atom is -0.481 e. The molecule has 0 bridgehead atoms. The molecule has 0 aliphatic carbocycles. The predicted octanol–water partition coefficient (Wildman–Crippen LogP) is 3.47. The number of Topliss-reactive ketones (excluding diaryl/α,β-unsaturated/α-hetero) is 1. The van der Waals surface area contributed by atoms with Crippen LogP contribution < -0.4 is 5.32 Å². The molecule has 1 aromatic heterocycles. The van der Waals surface area contributed by atoms with Crippen molar-refractivity contribution in [1.82, 2.24) is 25.5 Å². The molecule has 0 radical (unpaired) electrons. The number of nitrogens with zero attached hydrogens (tertiary/aromatic N) is 4. The first-order valence-corrected chi connectivity index (χ1v) is 11.0. The Kier molecular flexibility index (Phi) is 8.64. The summed E-state index contributed by atoms with van der Waals surface area (Å²) in [6.45, 7) is -0.424. The minimum atomic E-state index is -1.33. The third-order valence-electron chi connectivity index (χ3n) is 4.10. The van der Waals surface area contributed by atoms with Gasteiger partial charge in [0.1, 0.15) is 19.2 Å². The molecule has 0 aliphatic heterocycles. The van der Waals surface area contributed by atoms with E-state index in [2.05, 4.69) is 20.7 Å². The summed E-state index contributed by atoms with van der Waals surface area (Å²) < 4.78 is 5.06. The Bertz CT molecular complexity index is 1140. The molecule has 3 aromatic rings. The molecule has 0 aliphatic rings. The maximum Gasteiger partial charge on any atom is 0.408 e. The normalized spacial score (nSPS) is 11.6. The molecule has 0 saturated heterocycles. The van der Waals surface area contributed by atoms with Crippen LogP contribution in [0.5, 0.6) is 0 Å². The highest BCUT2D eigenvalue weighted by atomic mass is 35.5. The number of amides is 1. The maximum absolute atomic E-state index is 12.6. The predicted molar refractivity (Wildman–Crippen MR) is 119 cm³/mol. The number of tetrazole rings is 1. The smallest absolute Gasteiger partial charge is 0.408 e. The van der Waals surface area contributed by atoms with Gasteiger partial charge in [-0.3, -0.25) is 9.59 Å². The van der Waals surface area contributed by atoms with E-state index in [1.807, 2.05) is 6.07 Å². The molecule has 1 unspecified atom stereocenters. The van der Waals surface area contributed by atoms with Crippen molar-refractivity contribution < 1.29 is 24.2 Å². The lowest BCUT2D eigenvalue weighted by Gasteiger charge is -2.15. The summed E-state index contributed by atoms with van der Waals surface area (Å²) in [5.74, 6) is -1.89. The second-order valence-electron chi connectivity index (χ2n) is 6.60. The number of aliphatic carboxylic acids is 1. The first-order chi connectivity index (χ1) is 15.8. The Morgan fingerprint density at radius 2 is 1.88 bits per heavy atom. The van der Waals surface area contributed by atoms with E-state index in [1.165, 1.54) is 0 Å². The average molecular weight is 510 g/mol. The van der Waals surface area contributed by atoms with E-state index < -0.39 is 36.9 Å². The quantitative estimate of drug-likeness (QED) is 0.420. The molecule has 33 heavy (non-hydrogen) atoms. The van der Waals surface area contributed by atoms with Gasteiger partial charge in [0.15, 0.2) is 5.78 Å². The monoisotopic (exact) mass is 509 g/mol. The standard InChI is InChI=1S/C20H17Cl2N5O5S/c21-14-7-6-13(8-15(14)22)33-19-24-26-27(25-19)10-17(28)16(9-18(29)30)23-20(31)32-11-12-4-2-1-3-5-12/h1-8,16H,9-11H2,(H,23,31)(H,29,30). The van der Waals surface area contributed by atoms with Gasteiger partial charge < -0.3 is 15.2 Å². The number of alkyl carbamates (subject to hydrolysis) is 1. The van der Waals surface area contributed by atoms with Crippen LogP contribution in [-0.2, 0) is 27.5 Å². The second kappa shape index (κ2) is 11.6. The molecule has 1 heterocycles. The summed E-state index contributed by atoms with van der Waals surface area (Å²) in [5.41, 5.74) is 0.743. The van der Waals surface area contributed by atoms with E-state index in [4.69, 9.17) is 33.0 Å². The fourth-order valence-corrected chi connectivity index (χ4v) is 3.66. The number of hydrogen-bond donors (Lipinski definition) is 2. The van der Waals surface area contributed by atoms with E-state index in [0.717, 1.165) is 22.1 Å². The van der Waals surface area contributed by atoms with Gasteiger partial charge >= 0.3 is 12.1 Å². The van der Waals surface area contributed by atoms with Crippen LogP contribution in [0.3, 0.4) is 0 Å². The van der Waals surface area contributed by atoms with Gasteiger partial charge in [-0.25, -0.2) is 4.79 Å². The molecule has 172 valence electrons. The summed E-state index contributed by atoms with van der Waals surface area (Å²) in [4.78, 5) is 37.6. The molecular weight excluding hydrogens is 493 g/mol. The van der Waals surface area contributed by atoms with Crippen LogP contribution in [0.15, 0.2) is 58.6 Å². The highest BCUT2D eigenvalue weighted by Crippen LogP contribution is 2.30. The molecule has 10 nitrogen and oxygen atoms in total. The molecular formula is C20H17Cl2N5O5S. The SMILES string of the molecule is O=C(O)CC(NC(=O)OCc1ccccc1)C(=O)Cn1nnc(Sc2ccc(Cl)c(Cl)c2)n1. The summed E-state index contributed by atoms with van der Waals surface area (Å²) in [6.07, 6.45) is -1.54. The van der Waals surface area contributed by atoms with Crippen LogP contribution in [0.2, 0.25) is 10.0 Å². The van der Waals surface area contributed by atoms with Crippen molar-refractivity contribution in [3.63, 3.8) is 0 Å². The fraction of sp³-hybridized carbons (Fsp3) is 0.200. The van der Waals surface area contributed by atoms with Crippen molar-refractivity contribution in [3.8, 4) is 0 Å². The van der Waals surface area contributed by atoms with E-state index >= 15 is 0 Å². The lowest BCUT2D eigenvalue weighted by Crippen LogP contribution is -2.44. The van der Waals surface area contributed by atoms with Crippen molar-refractivity contribution in [2.75, 3.05) is 0 Å². The lowest BCUT2D eigenvalue weighted by molar-refractivity contribution is -0.139. The van der Waals surface area contributed by atoms with Crippen molar-refractivity contribution in [2.24, 2.45) is 0 Å². The number of hydrogen-bond acceptors (Lipinski definition) is 8. The van der Waals surface area contributed by atoms with Gasteiger partial charge in [-0.2, -0.15) is 4.80 Å². The zero-order chi connectivity index (χ0) is 23.8. The molecule has 3 rings (SSSR count). The molecule has 2 aromatic carbocycles. The third-order valence-corrected chi connectivity index (χ3v) is 5.68. The number of ether oxygens (including phenoxy) is 1. The fourth-order valence-electron chi connectivity index (χ4n) is 2.56. The number of benzene rings is 2. The third kappa shape index (κ3) is 7.74. The Balaban J connectivity index is 1.58. The van der Waals surface area contributed by atoms with E-state index in [-0.39, 0.29) is 11.8 Å². The first kappa shape index (κ1) is 24.5. The van der Waals surface area contributed by atoms with Crippen LogP contribution in [0, 0.1) is 0 Å². The number of nitrogens with one attached hydrogen (secondary N) is 1. The summed E-state index contributed by atoms with van der Waals surface area (Å²) in [5, 5.41) is 24.1. The molecule has 0 fully saturated rings. The van der Waals surface area contributed by atoms with Crippen molar-refractivity contribution in [2.45, 2.75) is 35.7 Å². The molecule has 2 N–H and O–H groups in total. The van der Waals surface area contributed by atoms with Crippen LogP contribution in [0.1, 0.15) is 12.0 Å². The van der Waals surface area contributed by atoms with Gasteiger partial charge in [0, 0.05) is 4.90 Å². The first-order valence-electron chi connectivity index (χ1n) is 9.42. The summed E-state index contributed by atoms with van der Waals surface area (Å²) >= 11 is 13.0. The molecule has 13 heteroatoms. The molecule has 0 spiro atoms. The largest absolute Gasteiger partial charge is 0.481 e. The summed E-state index contributed by atoms with van der Waals surface area (Å²) in [7, 11) is 0. The Labute approximate surface area is 202 Å². The van der Waals surface area contributed by atoms with E-state index in [1.54, 1.807) is 42.5 Å². The summed E-state index contributed by atoms with van der Waals surface area (Å²) in [6, 6.07) is 12.6. The topological polar surface area (TPSA) is 136 Å². The van der Waals surface area contributed by atoms with Crippen LogP contribution in [-0.4, -0.2) is 49.2 Å². The van der Waals surface area contributed by atoms with E-state index in [0.29, 0.717) is 14.9 Å². The number of halogens is 2.